The van der Waals surface area contributed by atoms with Crippen molar-refractivity contribution in [3.8, 4) is 11.5 Å². The van der Waals surface area contributed by atoms with Crippen LogP contribution in [0.4, 0.5) is 10.1 Å². The topological polar surface area (TPSA) is 54.0 Å². The average molecular weight is 374 g/mol. The van der Waals surface area contributed by atoms with Gasteiger partial charge in [0.15, 0.2) is 11.5 Å². The number of phenols is 1. The summed E-state index contributed by atoms with van der Waals surface area (Å²) in [6.07, 6.45) is 0.186. The van der Waals surface area contributed by atoms with E-state index in [1.807, 2.05) is 36.9 Å². The molecular weight excluding hydrogens is 347 g/mol. The van der Waals surface area contributed by atoms with E-state index in [0.717, 1.165) is 11.1 Å². The van der Waals surface area contributed by atoms with Crippen molar-refractivity contribution >= 4 is 5.69 Å². The van der Waals surface area contributed by atoms with Crippen LogP contribution in [0.3, 0.4) is 0 Å². The number of hydrogen-bond donors (Lipinski definition) is 2. The van der Waals surface area contributed by atoms with Gasteiger partial charge in [-0.3, -0.25) is 0 Å². The third kappa shape index (κ3) is 4.90. The fraction of sp³-hybridized carbons (Fsp3) is 0.429. The average Bonchev–Trinajstić information content (AvgIpc) is 2.61. The van der Waals surface area contributed by atoms with Crippen molar-refractivity contribution in [1.82, 2.24) is 5.32 Å². The number of nitrogens with one attached hydrogen (secondary N) is 1. The lowest BCUT2D eigenvalue weighted by Crippen LogP contribution is -2.45. The predicted octanol–water partition coefficient (Wildman–Crippen LogP) is 3.44. The molecule has 1 fully saturated rings. The van der Waals surface area contributed by atoms with Gasteiger partial charge in [0.1, 0.15) is 5.82 Å². The van der Waals surface area contributed by atoms with Gasteiger partial charge in [-0.15, -0.1) is 0 Å². The van der Waals surface area contributed by atoms with Gasteiger partial charge in [-0.05, 0) is 49.2 Å². The summed E-state index contributed by atoms with van der Waals surface area (Å²) < 4.78 is 25.4. The van der Waals surface area contributed by atoms with Crippen LogP contribution in [0.2, 0.25) is 0 Å². The van der Waals surface area contributed by atoms with Crippen LogP contribution >= 0.6 is 0 Å². The fourth-order valence-electron chi connectivity index (χ4n) is 3.49. The molecule has 0 unspecified atom stereocenters. The minimum atomic E-state index is -0.210. The van der Waals surface area contributed by atoms with Gasteiger partial charge in [0, 0.05) is 26.2 Å². The van der Waals surface area contributed by atoms with E-state index in [4.69, 9.17) is 9.47 Å². The molecule has 2 N–H and O–H groups in total. The summed E-state index contributed by atoms with van der Waals surface area (Å²) in [5.41, 5.74) is 2.44. The van der Waals surface area contributed by atoms with Crippen molar-refractivity contribution in [2.75, 3.05) is 25.1 Å². The van der Waals surface area contributed by atoms with E-state index in [0.29, 0.717) is 37.6 Å². The quantitative estimate of drug-likeness (QED) is 0.811. The summed E-state index contributed by atoms with van der Waals surface area (Å²) in [5, 5.41) is 13.1. The lowest BCUT2D eigenvalue weighted by Gasteiger charge is -2.37. The number of hydrogen-bond acceptors (Lipinski definition) is 5. The molecule has 0 aliphatic carbocycles. The van der Waals surface area contributed by atoms with Crippen molar-refractivity contribution in [1.29, 1.82) is 0 Å². The molecule has 2 aromatic rings. The second-order valence-corrected chi connectivity index (χ2v) is 7.06. The Bertz CT molecular complexity index is 774. The van der Waals surface area contributed by atoms with Crippen LogP contribution in [-0.4, -0.2) is 37.5 Å². The lowest BCUT2D eigenvalue weighted by atomic mass is 10.1. The molecule has 146 valence electrons. The van der Waals surface area contributed by atoms with E-state index in [1.165, 1.54) is 7.11 Å². The fourth-order valence-corrected chi connectivity index (χ4v) is 3.49. The predicted molar refractivity (Wildman–Crippen MR) is 104 cm³/mol. The van der Waals surface area contributed by atoms with Crippen molar-refractivity contribution in [2.24, 2.45) is 0 Å². The van der Waals surface area contributed by atoms with Crippen LogP contribution in [0.5, 0.6) is 11.5 Å². The van der Waals surface area contributed by atoms with Crippen molar-refractivity contribution < 1.29 is 19.0 Å². The molecule has 3 rings (SSSR count). The molecule has 0 aromatic heterocycles. The van der Waals surface area contributed by atoms with E-state index in [-0.39, 0.29) is 23.8 Å². The zero-order chi connectivity index (χ0) is 19.4. The number of halogens is 1. The van der Waals surface area contributed by atoms with Crippen LogP contribution < -0.4 is 15.0 Å². The lowest BCUT2D eigenvalue weighted by molar-refractivity contribution is -0.00539. The Morgan fingerprint density at radius 1 is 1.11 bits per heavy atom. The molecule has 1 saturated heterocycles. The molecule has 6 heteroatoms. The Labute approximate surface area is 159 Å². The molecule has 2 aromatic carbocycles. The SMILES string of the molecule is COc1ccc(CNCc2ccc(N3C[C@@H](C)O[C@@H](C)C3)c(F)c2)cc1O. The molecule has 0 saturated carbocycles. The highest BCUT2D eigenvalue weighted by Crippen LogP contribution is 2.26. The van der Waals surface area contributed by atoms with E-state index in [2.05, 4.69) is 5.32 Å². The Morgan fingerprint density at radius 2 is 1.74 bits per heavy atom. The monoisotopic (exact) mass is 374 g/mol. The normalized spacial score (nSPS) is 19.9. The smallest absolute Gasteiger partial charge is 0.160 e. The van der Waals surface area contributed by atoms with E-state index >= 15 is 0 Å². The molecule has 0 amide bonds. The molecule has 2 atom stereocenters. The van der Waals surface area contributed by atoms with Crippen LogP contribution in [0.1, 0.15) is 25.0 Å². The Morgan fingerprint density at radius 3 is 2.33 bits per heavy atom. The first-order valence-electron chi connectivity index (χ1n) is 9.21. The molecule has 0 spiro atoms. The second kappa shape index (κ2) is 8.59. The van der Waals surface area contributed by atoms with Crippen molar-refractivity contribution in [2.45, 2.75) is 39.1 Å². The molecule has 0 bridgehead atoms. The van der Waals surface area contributed by atoms with Gasteiger partial charge >= 0.3 is 0 Å². The van der Waals surface area contributed by atoms with Gasteiger partial charge in [0.25, 0.3) is 0 Å². The summed E-state index contributed by atoms with van der Waals surface area (Å²) in [6.45, 7) is 6.52. The minimum Gasteiger partial charge on any atom is -0.504 e. The number of phenolic OH excluding ortho intramolecular Hbond substituents is 1. The number of methoxy groups -OCH3 is 1. The zero-order valence-electron chi connectivity index (χ0n) is 16.0. The highest BCUT2D eigenvalue weighted by Gasteiger charge is 2.24. The molecule has 0 radical (unpaired) electrons. The van der Waals surface area contributed by atoms with Crippen LogP contribution in [0.15, 0.2) is 36.4 Å². The molecule has 1 heterocycles. The number of morpholine rings is 1. The van der Waals surface area contributed by atoms with E-state index < -0.39 is 0 Å². The molecule has 1 aliphatic heterocycles. The first-order valence-corrected chi connectivity index (χ1v) is 9.21. The molecule has 1 aliphatic rings. The molecule has 5 nitrogen and oxygen atoms in total. The third-order valence-corrected chi connectivity index (χ3v) is 4.67. The van der Waals surface area contributed by atoms with Gasteiger partial charge in [-0.2, -0.15) is 0 Å². The summed E-state index contributed by atoms with van der Waals surface area (Å²) in [5.74, 6) is 0.349. The van der Waals surface area contributed by atoms with E-state index in [9.17, 15) is 9.50 Å². The number of aromatic hydroxyl groups is 1. The second-order valence-electron chi connectivity index (χ2n) is 7.06. The largest absolute Gasteiger partial charge is 0.504 e. The van der Waals surface area contributed by atoms with Crippen molar-refractivity contribution in [3.05, 3.63) is 53.3 Å². The van der Waals surface area contributed by atoms with Crippen LogP contribution in [-0.2, 0) is 17.8 Å². The van der Waals surface area contributed by atoms with Gasteiger partial charge in [-0.1, -0.05) is 12.1 Å². The Balaban J connectivity index is 1.58. The number of rotatable bonds is 6. The highest BCUT2D eigenvalue weighted by molar-refractivity contribution is 5.50. The standard InChI is InChI=1S/C21H27FN2O3/c1-14-12-24(13-15(2)27-14)19-6-4-16(8-18(19)22)10-23-11-17-5-7-21(26-3)20(25)9-17/h4-9,14-15,23,25H,10-13H2,1-3H3/t14-,15+. The Hall–Kier alpha value is -2.31. The number of ether oxygens (including phenoxy) is 2. The number of benzene rings is 2. The molecular formula is C21H27FN2O3. The first kappa shape index (κ1) is 19.5. The molecule has 27 heavy (non-hydrogen) atoms. The Kier molecular flexibility index (Phi) is 6.19. The maximum absolute atomic E-state index is 14.6. The first-order chi connectivity index (χ1) is 13.0. The van der Waals surface area contributed by atoms with Gasteiger partial charge in [0.05, 0.1) is 25.0 Å². The van der Waals surface area contributed by atoms with Gasteiger partial charge in [-0.25, -0.2) is 4.39 Å². The summed E-state index contributed by atoms with van der Waals surface area (Å²) >= 11 is 0. The maximum Gasteiger partial charge on any atom is 0.160 e. The number of nitrogens with zero attached hydrogens (tertiary/aromatic N) is 1. The van der Waals surface area contributed by atoms with Crippen LogP contribution in [0.25, 0.3) is 0 Å². The summed E-state index contributed by atoms with van der Waals surface area (Å²) in [7, 11) is 1.52. The summed E-state index contributed by atoms with van der Waals surface area (Å²) in [4.78, 5) is 2.05. The number of anilines is 1. The minimum absolute atomic E-state index is 0.0930. The zero-order valence-corrected chi connectivity index (χ0v) is 16.0. The third-order valence-electron chi connectivity index (χ3n) is 4.67. The van der Waals surface area contributed by atoms with Gasteiger partial charge < -0.3 is 24.8 Å². The van der Waals surface area contributed by atoms with Gasteiger partial charge in [0.2, 0.25) is 0 Å². The van der Waals surface area contributed by atoms with Crippen molar-refractivity contribution in [3.63, 3.8) is 0 Å². The maximum atomic E-state index is 14.6. The highest BCUT2D eigenvalue weighted by atomic mass is 19.1. The summed E-state index contributed by atoms with van der Waals surface area (Å²) in [6, 6.07) is 10.6. The van der Waals surface area contributed by atoms with E-state index in [1.54, 1.807) is 18.2 Å². The van der Waals surface area contributed by atoms with Crippen LogP contribution in [0, 0.1) is 5.82 Å².